The molecule has 2 aromatic rings. The monoisotopic (exact) mass is 632 g/mol. The minimum Gasteiger partial charge on any atom is -0.451 e. The number of aromatic nitrogens is 2. The molecule has 4 heterocycles. The average Bonchev–Trinajstić information content (AvgIpc) is 3.73. The van der Waals surface area contributed by atoms with Gasteiger partial charge in [0, 0.05) is 42.7 Å². The zero-order chi connectivity index (χ0) is 32.3. The molecule has 10 heteroatoms. The van der Waals surface area contributed by atoms with Crippen molar-refractivity contribution in [2.45, 2.75) is 103 Å². The molecule has 0 atom stereocenters. The Morgan fingerprint density at radius 1 is 1.04 bits per heavy atom. The molecule has 0 unspecified atom stereocenters. The molecule has 7 rings (SSSR count). The lowest BCUT2D eigenvalue weighted by Crippen LogP contribution is -2.61. The highest BCUT2D eigenvalue weighted by Gasteiger charge is 2.61. The maximum atomic E-state index is 14.4. The van der Waals surface area contributed by atoms with E-state index in [1.807, 2.05) is 27.7 Å². The van der Waals surface area contributed by atoms with Crippen molar-refractivity contribution >= 4 is 17.6 Å². The number of nitrogens with one attached hydrogen (secondary N) is 1. The third-order valence-corrected chi connectivity index (χ3v) is 11.6. The molecule has 46 heavy (non-hydrogen) atoms. The Bertz CT molecular complexity index is 1460. The number of amides is 2. The lowest BCUT2D eigenvalue weighted by molar-refractivity contribution is -0.124. The summed E-state index contributed by atoms with van der Waals surface area (Å²) in [5, 5.41) is 3.42. The molecule has 3 saturated heterocycles. The van der Waals surface area contributed by atoms with Crippen LogP contribution in [0.25, 0.3) is 0 Å². The van der Waals surface area contributed by atoms with Crippen LogP contribution in [0.15, 0.2) is 30.7 Å². The summed E-state index contributed by atoms with van der Waals surface area (Å²) in [6.45, 7) is 13.0. The summed E-state index contributed by atoms with van der Waals surface area (Å²) in [5.41, 5.74) is 0.562. The first-order valence-electron chi connectivity index (χ1n) is 17.4. The molecule has 1 N–H and O–H groups in total. The molecule has 3 aliphatic heterocycles. The summed E-state index contributed by atoms with van der Waals surface area (Å²) in [5.74, 6) is 1.78. The molecule has 0 radical (unpaired) electrons. The van der Waals surface area contributed by atoms with Crippen LogP contribution in [0.5, 0.6) is 11.5 Å². The fourth-order valence-corrected chi connectivity index (χ4v) is 8.92. The number of hydrogen-bond donors (Lipinski definition) is 1. The summed E-state index contributed by atoms with van der Waals surface area (Å²) in [6, 6.07) is 4.00. The summed E-state index contributed by atoms with van der Waals surface area (Å²) < 4.78 is 20.7. The zero-order valence-electron chi connectivity index (χ0n) is 27.9. The highest BCUT2D eigenvalue weighted by Crippen LogP contribution is 2.58. The third-order valence-electron chi connectivity index (χ3n) is 11.6. The standard InChI is InChI=1S/C36H49FN6O3/c1-24(2)43(25(3)4)32(44)28-17-27(37)5-6-29(28)46-30-18-38-23-39-31(30)42-21-34(22-42)13-15-41(16-14-34)19-26-7-9-36(10-8-26)20-35(11-12-35)33(45)40-36/h5-6,17-18,23-26H,7-16,19-22H2,1-4H3,(H,40,45)/t26-,36-. The molecule has 5 fully saturated rings. The van der Waals surface area contributed by atoms with Crippen LogP contribution >= 0.6 is 0 Å². The van der Waals surface area contributed by atoms with Crippen molar-refractivity contribution in [3.8, 4) is 11.5 Å². The third kappa shape index (κ3) is 5.86. The number of carbonyl (C=O) groups excluding carboxylic acids is 2. The van der Waals surface area contributed by atoms with Crippen molar-refractivity contribution in [3.05, 3.63) is 42.1 Å². The molecular weight excluding hydrogens is 583 g/mol. The molecule has 2 saturated carbocycles. The molecular formula is C36H49FN6O3. The highest BCUT2D eigenvalue weighted by atomic mass is 19.1. The van der Waals surface area contributed by atoms with Crippen molar-refractivity contribution in [1.82, 2.24) is 25.1 Å². The van der Waals surface area contributed by atoms with E-state index in [-0.39, 0.29) is 39.9 Å². The SMILES string of the molecule is CC(C)N(C(=O)c1cc(F)ccc1Oc1cncnc1N1CC2(CCN(C[C@H]3CC[C@]4(CC3)CC3(CC3)C(=O)N4)CC2)C1)C(C)C. The highest BCUT2D eigenvalue weighted by molar-refractivity contribution is 5.97. The maximum absolute atomic E-state index is 14.4. The number of piperidine rings is 1. The molecule has 1 aromatic heterocycles. The Morgan fingerprint density at radius 2 is 1.74 bits per heavy atom. The van der Waals surface area contributed by atoms with Gasteiger partial charge in [0.25, 0.3) is 5.91 Å². The number of rotatable bonds is 8. The molecule has 2 amide bonds. The van der Waals surface area contributed by atoms with Crippen LogP contribution in [0.4, 0.5) is 10.2 Å². The van der Waals surface area contributed by atoms with Crippen LogP contribution in [0.3, 0.4) is 0 Å². The van der Waals surface area contributed by atoms with E-state index in [2.05, 4.69) is 25.1 Å². The molecule has 9 nitrogen and oxygen atoms in total. The topological polar surface area (TPSA) is 90.9 Å². The van der Waals surface area contributed by atoms with Crippen LogP contribution < -0.4 is 15.0 Å². The molecule has 3 spiro atoms. The first-order valence-corrected chi connectivity index (χ1v) is 17.4. The van der Waals surface area contributed by atoms with Crippen molar-refractivity contribution < 1.29 is 18.7 Å². The number of likely N-dealkylation sites (tertiary alicyclic amines) is 1. The molecule has 0 bridgehead atoms. The molecule has 2 aliphatic carbocycles. The van der Waals surface area contributed by atoms with E-state index >= 15 is 0 Å². The van der Waals surface area contributed by atoms with Gasteiger partial charge in [0.1, 0.15) is 17.9 Å². The van der Waals surface area contributed by atoms with Crippen LogP contribution in [-0.4, -0.2) is 81.9 Å². The van der Waals surface area contributed by atoms with E-state index in [4.69, 9.17) is 4.74 Å². The van der Waals surface area contributed by atoms with Gasteiger partial charge in [-0.1, -0.05) is 0 Å². The van der Waals surface area contributed by atoms with Gasteiger partial charge in [0.15, 0.2) is 11.6 Å². The minimum absolute atomic E-state index is 0.00910. The number of halogens is 1. The number of carbonyl (C=O) groups is 2. The second-order valence-corrected chi connectivity index (χ2v) is 15.6. The van der Waals surface area contributed by atoms with Crippen LogP contribution in [0.1, 0.15) is 95.8 Å². The Hall–Kier alpha value is -3.27. The average molecular weight is 633 g/mol. The fraction of sp³-hybridized carbons (Fsp3) is 0.667. The van der Waals surface area contributed by atoms with Gasteiger partial charge in [-0.05, 0) is 123 Å². The van der Waals surface area contributed by atoms with Gasteiger partial charge in [0.05, 0.1) is 17.2 Å². The predicted octanol–water partition coefficient (Wildman–Crippen LogP) is 5.80. The summed E-state index contributed by atoms with van der Waals surface area (Å²) >= 11 is 0. The van der Waals surface area contributed by atoms with E-state index in [0.717, 1.165) is 77.0 Å². The number of anilines is 1. The Labute approximate surface area is 272 Å². The maximum Gasteiger partial charge on any atom is 0.258 e. The molecule has 248 valence electrons. The van der Waals surface area contributed by atoms with Gasteiger partial charge in [-0.3, -0.25) is 9.59 Å². The number of benzene rings is 1. The van der Waals surface area contributed by atoms with E-state index in [0.29, 0.717) is 23.2 Å². The van der Waals surface area contributed by atoms with E-state index in [9.17, 15) is 14.0 Å². The smallest absolute Gasteiger partial charge is 0.258 e. The van der Waals surface area contributed by atoms with Gasteiger partial charge < -0.3 is 24.8 Å². The fourth-order valence-electron chi connectivity index (χ4n) is 8.92. The Balaban J connectivity index is 0.943. The zero-order valence-corrected chi connectivity index (χ0v) is 27.9. The molecule has 5 aliphatic rings. The Morgan fingerprint density at radius 3 is 2.37 bits per heavy atom. The predicted molar refractivity (Wildman–Crippen MR) is 174 cm³/mol. The Kier molecular flexibility index (Phi) is 8.01. The number of hydrogen-bond acceptors (Lipinski definition) is 7. The first kappa shape index (κ1) is 31.3. The lowest BCUT2D eigenvalue weighted by atomic mass is 9.71. The summed E-state index contributed by atoms with van der Waals surface area (Å²) in [7, 11) is 0. The lowest BCUT2D eigenvalue weighted by Gasteiger charge is -2.55. The van der Waals surface area contributed by atoms with Gasteiger partial charge in [-0.15, -0.1) is 0 Å². The van der Waals surface area contributed by atoms with E-state index in [1.165, 1.54) is 43.9 Å². The van der Waals surface area contributed by atoms with E-state index < -0.39 is 5.82 Å². The summed E-state index contributed by atoms with van der Waals surface area (Å²) in [6.07, 6.45) is 13.5. The van der Waals surface area contributed by atoms with Crippen molar-refractivity contribution in [2.75, 3.05) is 37.6 Å². The largest absolute Gasteiger partial charge is 0.451 e. The van der Waals surface area contributed by atoms with Crippen molar-refractivity contribution in [3.63, 3.8) is 0 Å². The van der Waals surface area contributed by atoms with Crippen molar-refractivity contribution in [2.24, 2.45) is 16.7 Å². The van der Waals surface area contributed by atoms with Gasteiger partial charge in [-0.25, -0.2) is 14.4 Å². The first-order chi connectivity index (χ1) is 22.0. The normalized spacial score (nSPS) is 26.5. The minimum atomic E-state index is -0.482. The molecule has 1 aromatic carbocycles. The van der Waals surface area contributed by atoms with Gasteiger partial charge in [0.2, 0.25) is 5.91 Å². The number of nitrogens with zero attached hydrogens (tertiary/aromatic N) is 5. The van der Waals surface area contributed by atoms with Crippen LogP contribution in [0.2, 0.25) is 0 Å². The van der Waals surface area contributed by atoms with Gasteiger partial charge in [-0.2, -0.15) is 0 Å². The quantitative estimate of drug-likeness (QED) is 0.394. The summed E-state index contributed by atoms with van der Waals surface area (Å²) in [4.78, 5) is 41.5. The van der Waals surface area contributed by atoms with E-state index in [1.54, 1.807) is 11.1 Å². The second-order valence-electron chi connectivity index (χ2n) is 15.6. The van der Waals surface area contributed by atoms with Crippen molar-refractivity contribution in [1.29, 1.82) is 0 Å². The number of ether oxygens (including phenoxy) is 1. The van der Waals surface area contributed by atoms with Crippen LogP contribution in [0, 0.1) is 22.6 Å². The van der Waals surface area contributed by atoms with Crippen LogP contribution in [-0.2, 0) is 4.79 Å². The second kappa shape index (κ2) is 11.8. The van der Waals surface area contributed by atoms with Gasteiger partial charge >= 0.3 is 0 Å².